The smallest absolute Gasteiger partial charge is 0.198 e. The molecule has 0 unspecified atom stereocenters. The average Bonchev–Trinajstić information content (AvgIpc) is 2.45. The SMILES string of the molecule is COc1ccc(C(C)(C)C)cc1C(=O)c1ccccc1N. The molecule has 3 heteroatoms. The molecular formula is C18H21NO2. The highest BCUT2D eigenvalue weighted by molar-refractivity contribution is 6.13. The molecule has 0 aliphatic rings. The Kier molecular flexibility index (Phi) is 4.03. The number of carbonyl (C=O) groups is 1. The Bertz CT molecular complexity index is 669. The van der Waals surface area contributed by atoms with Gasteiger partial charge < -0.3 is 10.5 Å². The molecule has 2 aromatic carbocycles. The minimum atomic E-state index is -0.115. The van der Waals surface area contributed by atoms with E-state index >= 15 is 0 Å². The summed E-state index contributed by atoms with van der Waals surface area (Å²) in [5, 5.41) is 0. The van der Waals surface area contributed by atoms with E-state index in [1.54, 1.807) is 19.2 Å². The Hall–Kier alpha value is -2.29. The molecule has 3 nitrogen and oxygen atoms in total. The molecule has 0 amide bonds. The van der Waals surface area contributed by atoms with Gasteiger partial charge in [0, 0.05) is 11.3 Å². The zero-order valence-electron chi connectivity index (χ0n) is 12.9. The maximum absolute atomic E-state index is 12.8. The van der Waals surface area contributed by atoms with E-state index in [9.17, 15) is 4.79 Å². The van der Waals surface area contributed by atoms with Crippen LogP contribution in [0.25, 0.3) is 0 Å². The zero-order chi connectivity index (χ0) is 15.6. The van der Waals surface area contributed by atoms with Crippen molar-refractivity contribution in [3.05, 3.63) is 59.2 Å². The molecule has 0 heterocycles. The first-order valence-corrected chi connectivity index (χ1v) is 6.92. The number of benzene rings is 2. The Labute approximate surface area is 125 Å². The lowest BCUT2D eigenvalue weighted by molar-refractivity contribution is 0.103. The highest BCUT2D eigenvalue weighted by Crippen LogP contribution is 2.30. The van der Waals surface area contributed by atoms with Crippen molar-refractivity contribution >= 4 is 11.5 Å². The van der Waals surface area contributed by atoms with Gasteiger partial charge in [-0.05, 0) is 35.2 Å². The number of anilines is 1. The summed E-state index contributed by atoms with van der Waals surface area (Å²) in [5.74, 6) is 0.451. The number of nitrogens with two attached hydrogens (primary N) is 1. The summed E-state index contributed by atoms with van der Waals surface area (Å²) in [7, 11) is 1.57. The van der Waals surface area contributed by atoms with Crippen LogP contribution in [0.5, 0.6) is 5.75 Å². The third-order valence-corrected chi connectivity index (χ3v) is 3.52. The molecule has 2 N–H and O–H groups in total. The van der Waals surface area contributed by atoms with Crippen molar-refractivity contribution < 1.29 is 9.53 Å². The van der Waals surface area contributed by atoms with Gasteiger partial charge in [-0.1, -0.05) is 39.0 Å². The minimum absolute atomic E-state index is 0.0382. The first-order valence-electron chi connectivity index (χ1n) is 6.92. The van der Waals surface area contributed by atoms with Crippen molar-refractivity contribution in [2.45, 2.75) is 26.2 Å². The second-order valence-corrected chi connectivity index (χ2v) is 6.08. The Morgan fingerprint density at radius 1 is 1.05 bits per heavy atom. The van der Waals surface area contributed by atoms with Gasteiger partial charge in [-0.3, -0.25) is 4.79 Å². The van der Waals surface area contributed by atoms with Crippen molar-refractivity contribution in [3.8, 4) is 5.75 Å². The summed E-state index contributed by atoms with van der Waals surface area (Å²) in [6.07, 6.45) is 0. The molecule has 0 atom stereocenters. The number of ketones is 1. The molecule has 21 heavy (non-hydrogen) atoms. The first-order chi connectivity index (χ1) is 9.84. The first kappa shape index (κ1) is 15.1. The van der Waals surface area contributed by atoms with Crippen LogP contribution in [0.15, 0.2) is 42.5 Å². The highest BCUT2D eigenvalue weighted by atomic mass is 16.5. The fourth-order valence-corrected chi connectivity index (χ4v) is 2.20. The van der Waals surface area contributed by atoms with Gasteiger partial charge in [-0.2, -0.15) is 0 Å². The summed E-state index contributed by atoms with van der Waals surface area (Å²) in [6.45, 7) is 6.33. The standard InChI is InChI=1S/C18H21NO2/c1-18(2,3)12-9-10-16(21-4)14(11-12)17(20)13-7-5-6-8-15(13)19/h5-11H,19H2,1-4H3. The lowest BCUT2D eigenvalue weighted by Gasteiger charge is -2.21. The molecule has 110 valence electrons. The van der Waals surface area contributed by atoms with Crippen molar-refractivity contribution in [2.24, 2.45) is 0 Å². The van der Waals surface area contributed by atoms with Crippen LogP contribution in [-0.4, -0.2) is 12.9 Å². The van der Waals surface area contributed by atoms with Crippen LogP contribution in [-0.2, 0) is 5.41 Å². The van der Waals surface area contributed by atoms with Crippen molar-refractivity contribution in [1.82, 2.24) is 0 Å². The number of methoxy groups -OCH3 is 1. The van der Waals surface area contributed by atoms with Gasteiger partial charge in [0.15, 0.2) is 5.78 Å². The molecule has 0 saturated heterocycles. The number of hydrogen-bond acceptors (Lipinski definition) is 3. The molecule has 2 rings (SSSR count). The van der Waals surface area contributed by atoms with Gasteiger partial charge in [-0.25, -0.2) is 0 Å². The monoisotopic (exact) mass is 283 g/mol. The number of ether oxygens (including phenoxy) is 1. The summed E-state index contributed by atoms with van der Waals surface area (Å²) in [6, 6.07) is 12.8. The van der Waals surface area contributed by atoms with Gasteiger partial charge in [0.2, 0.25) is 0 Å². The van der Waals surface area contributed by atoms with Crippen LogP contribution in [0, 0.1) is 0 Å². The van der Waals surface area contributed by atoms with Crippen molar-refractivity contribution in [2.75, 3.05) is 12.8 Å². The fraction of sp³-hybridized carbons (Fsp3) is 0.278. The quantitative estimate of drug-likeness (QED) is 0.688. The van der Waals surface area contributed by atoms with Crippen LogP contribution in [0.3, 0.4) is 0 Å². The molecule has 0 spiro atoms. The van der Waals surface area contributed by atoms with Crippen LogP contribution < -0.4 is 10.5 Å². The highest BCUT2D eigenvalue weighted by Gasteiger charge is 2.21. The topological polar surface area (TPSA) is 52.3 Å². The molecule has 0 aliphatic carbocycles. The van der Waals surface area contributed by atoms with E-state index in [0.717, 1.165) is 5.56 Å². The van der Waals surface area contributed by atoms with Crippen LogP contribution >= 0.6 is 0 Å². The molecule has 0 aliphatic heterocycles. The summed E-state index contributed by atoms with van der Waals surface area (Å²) >= 11 is 0. The van der Waals surface area contributed by atoms with Crippen LogP contribution in [0.2, 0.25) is 0 Å². The van der Waals surface area contributed by atoms with Gasteiger partial charge >= 0.3 is 0 Å². The van der Waals surface area contributed by atoms with E-state index in [1.165, 1.54) is 0 Å². The molecule has 0 aromatic heterocycles. The molecule has 0 fully saturated rings. The molecule has 0 saturated carbocycles. The van der Waals surface area contributed by atoms with Crippen LogP contribution in [0.1, 0.15) is 42.3 Å². The summed E-state index contributed by atoms with van der Waals surface area (Å²) in [4.78, 5) is 12.8. The zero-order valence-corrected chi connectivity index (χ0v) is 12.9. The molecule has 0 radical (unpaired) electrons. The maximum atomic E-state index is 12.8. The third kappa shape index (κ3) is 3.07. The largest absolute Gasteiger partial charge is 0.496 e. The number of hydrogen-bond donors (Lipinski definition) is 1. The second kappa shape index (κ2) is 5.60. The third-order valence-electron chi connectivity index (χ3n) is 3.52. The lowest BCUT2D eigenvalue weighted by atomic mass is 9.85. The van der Waals surface area contributed by atoms with E-state index in [2.05, 4.69) is 20.8 Å². The normalized spacial score (nSPS) is 11.2. The van der Waals surface area contributed by atoms with E-state index in [0.29, 0.717) is 22.6 Å². The molecular weight excluding hydrogens is 262 g/mol. The summed E-state index contributed by atoms with van der Waals surface area (Å²) in [5.41, 5.74) is 8.48. The number of carbonyl (C=O) groups excluding carboxylic acids is 1. The Balaban J connectivity index is 2.56. The van der Waals surface area contributed by atoms with E-state index in [1.807, 2.05) is 30.3 Å². The van der Waals surface area contributed by atoms with Gasteiger partial charge in [0.1, 0.15) is 5.75 Å². The van der Waals surface area contributed by atoms with Crippen molar-refractivity contribution in [3.63, 3.8) is 0 Å². The molecule has 2 aromatic rings. The van der Waals surface area contributed by atoms with E-state index < -0.39 is 0 Å². The lowest BCUT2D eigenvalue weighted by Crippen LogP contribution is -2.14. The minimum Gasteiger partial charge on any atom is -0.496 e. The van der Waals surface area contributed by atoms with E-state index in [-0.39, 0.29) is 11.2 Å². The van der Waals surface area contributed by atoms with Gasteiger partial charge in [-0.15, -0.1) is 0 Å². The summed E-state index contributed by atoms with van der Waals surface area (Å²) < 4.78 is 5.33. The number of rotatable bonds is 3. The van der Waals surface area contributed by atoms with Gasteiger partial charge in [0.05, 0.1) is 12.7 Å². The van der Waals surface area contributed by atoms with Crippen LogP contribution in [0.4, 0.5) is 5.69 Å². The maximum Gasteiger partial charge on any atom is 0.198 e. The Morgan fingerprint density at radius 3 is 2.29 bits per heavy atom. The Morgan fingerprint density at radius 2 is 1.71 bits per heavy atom. The van der Waals surface area contributed by atoms with Gasteiger partial charge in [0.25, 0.3) is 0 Å². The predicted molar refractivity (Wildman–Crippen MR) is 86.0 cm³/mol. The predicted octanol–water partition coefficient (Wildman–Crippen LogP) is 3.81. The second-order valence-electron chi connectivity index (χ2n) is 6.08. The number of para-hydroxylation sites is 1. The fourth-order valence-electron chi connectivity index (χ4n) is 2.20. The average molecular weight is 283 g/mol. The number of nitrogen functional groups attached to an aromatic ring is 1. The molecule has 0 bridgehead atoms. The van der Waals surface area contributed by atoms with Crippen molar-refractivity contribution in [1.29, 1.82) is 0 Å². The van der Waals surface area contributed by atoms with E-state index in [4.69, 9.17) is 10.5 Å².